The van der Waals surface area contributed by atoms with Crippen LogP contribution in [-0.4, -0.2) is 41.4 Å². The molecular weight excluding hydrogens is 207 g/mol. The normalized spacial score (nSPS) is 22.1. The maximum atomic E-state index is 10.6. The number of hydrogen-bond donors (Lipinski definition) is 1. The van der Waals surface area contributed by atoms with E-state index in [1.807, 2.05) is 32.3 Å². The van der Waals surface area contributed by atoms with Gasteiger partial charge in [0.05, 0.1) is 0 Å². The lowest BCUT2D eigenvalue weighted by atomic mass is 10.2. The van der Waals surface area contributed by atoms with Gasteiger partial charge in [-0.25, -0.2) is 0 Å². The molecule has 83 valence electrons. The number of likely N-dealkylation sites (N-methyl/N-ethyl adjacent to an activating group) is 2. The van der Waals surface area contributed by atoms with Gasteiger partial charge in [0.1, 0.15) is 7.79 Å². The first kappa shape index (κ1) is 11.0. The lowest BCUT2D eigenvalue weighted by Crippen LogP contribution is -2.20. The van der Waals surface area contributed by atoms with Crippen molar-refractivity contribution in [2.24, 2.45) is 0 Å². The van der Waals surface area contributed by atoms with E-state index in [0.29, 0.717) is 0 Å². The third-order valence-electron chi connectivity index (χ3n) is 3.08. The molecule has 0 aliphatic carbocycles. The molecule has 0 unspecified atom stereocenters. The summed E-state index contributed by atoms with van der Waals surface area (Å²) < 4.78 is 4.22. The highest BCUT2D eigenvalue weighted by atomic mass is 31.2. The Morgan fingerprint density at radius 3 is 2.20 bits per heavy atom. The van der Waals surface area contributed by atoms with Crippen molar-refractivity contribution >= 4 is 7.79 Å². The average Bonchev–Trinajstić information content (AvgIpc) is 2.48. The maximum absolute atomic E-state index is 10.6. The van der Waals surface area contributed by atoms with Crippen LogP contribution in [0.5, 0.6) is 0 Å². The molecule has 0 spiro atoms. The van der Waals surface area contributed by atoms with Crippen LogP contribution < -0.4 is 0 Å². The summed E-state index contributed by atoms with van der Waals surface area (Å²) in [5.74, 6) is 0. The van der Waals surface area contributed by atoms with E-state index in [4.69, 9.17) is 0 Å². The lowest BCUT2D eigenvalue weighted by Gasteiger charge is -2.37. The molecule has 1 aliphatic heterocycles. The summed E-state index contributed by atoms with van der Waals surface area (Å²) in [5.41, 5.74) is 1.22. The number of benzene rings is 1. The van der Waals surface area contributed by atoms with Crippen LogP contribution in [0.15, 0.2) is 30.3 Å². The highest BCUT2D eigenvalue weighted by molar-refractivity contribution is 7.65. The first-order valence-corrected chi connectivity index (χ1v) is 7.04. The highest BCUT2D eigenvalue weighted by Crippen LogP contribution is 2.64. The summed E-state index contributed by atoms with van der Waals surface area (Å²) in [5, 5.41) is 0. The zero-order valence-corrected chi connectivity index (χ0v) is 10.2. The van der Waals surface area contributed by atoms with Crippen molar-refractivity contribution in [3.8, 4) is 0 Å². The van der Waals surface area contributed by atoms with E-state index in [-0.39, 0.29) is 0 Å². The Labute approximate surface area is 91.8 Å². The molecule has 2 rings (SSSR count). The highest BCUT2D eigenvalue weighted by Gasteiger charge is 2.39. The smallest absolute Gasteiger partial charge is 0.116 e. The van der Waals surface area contributed by atoms with Crippen LogP contribution in [0.25, 0.3) is 0 Å². The van der Waals surface area contributed by atoms with Gasteiger partial charge in [-0.05, 0) is 19.7 Å². The molecule has 15 heavy (non-hydrogen) atoms. The molecule has 1 fully saturated rings. The second-order valence-corrected chi connectivity index (χ2v) is 7.17. The Hall–Kier alpha value is -0.470. The predicted octanol–water partition coefficient (Wildman–Crippen LogP) is 1.82. The van der Waals surface area contributed by atoms with E-state index in [2.05, 4.69) is 21.5 Å². The Kier molecular flexibility index (Phi) is 3.08. The Balaban J connectivity index is 2.17. The van der Waals surface area contributed by atoms with E-state index in [1.165, 1.54) is 5.56 Å². The largest absolute Gasteiger partial charge is 0.353 e. The van der Waals surface area contributed by atoms with Gasteiger partial charge in [0.15, 0.2) is 0 Å². The summed E-state index contributed by atoms with van der Waals surface area (Å²) in [4.78, 5) is 10.6. The van der Waals surface area contributed by atoms with Crippen LogP contribution in [0.3, 0.4) is 0 Å². The van der Waals surface area contributed by atoms with Crippen molar-refractivity contribution in [2.45, 2.75) is 6.16 Å². The average molecular weight is 225 g/mol. The molecule has 1 heterocycles. The Morgan fingerprint density at radius 1 is 1.13 bits per heavy atom. The van der Waals surface area contributed by atoms with Gasteiger partial charge < -0.3 is 4.89 Å². The minimum absolute atomic E-state index is 0.765. The van der Waals surface area contributed by atoms with E-state index < -0.39 is 7.79 Å². The SMILES string of the molecule is CN1CCN(C)[P]1(O)Cc1ccccc1. The van der Waals surface area contributed by atoms with Crippen molar-refractivity contribution < 1.29 is 4.89 Å². The van der Waals surface area contributed by atoms with Crippen molar-refractivity contribution in [2.75, 3.05) is 27.2 Å². The summed E-state index contributed by atoms with van der Waals surface area (Å²) in [7, 11) is 1.97. The molecule has 0 saturated carbocycles. The Bertz CT molecular complexity index is 321. The maximum Gasteiger partial charge on any atom is 0.116 e. The van der Waals surface area contributed by atoms with Gasteiger partial charge in [-0.15, -0.1) is 0 Å². The van der Waals surface area contributed by atoms with E-state index in [9.17, 15) is 4.89 Å². The molecule has 4 heteroatoms. The zero-order valence-electron chi connectivity index (χ0n) is 9.30. The van der Waals surface area contributed by atoms with Crippen molar-refractivity contribution in [3.05, 3.63) is 35.9 Å². The molecule has 1 aliphatic rings. The van der Waals surface area contributed by atoms with E-state index in [0.717, 1.165) is 19.3 Å². The second kappa shape index (κ2) is 4.18. The predicted molar refractivity (Wildman–Crippen MR) is 64.5 cm³/mol. The number of nitrogens with zero attached hydrogens (tertiary/aromatic N) is 2. The van der Waals surface area contributed by atoms with Gasteiger partial charge >= 0.3 is 0 Å². The third-order valence-corrected chi connectivity index (χ3v) is 6.45. The summed E-state index contributed by atoms with van der Waals surface area (Å²) in [6, 6.07) is 10.2. The van der Waals surface area contributed by atoms with Crippen LogP contribution in [-0.2, 0) is 6.16 Å². The van der Waals surface area contributed by atoms with Gasteiger partial charge in [0.2, 0.25) is 0 Å². The first-order chi connectivity index (χ1) is 7.13. The van der Waals surface area contributed by atoms with E-state index in [1.54, 1.807) is 0 Å². The Morgan fingerprint density at radius 2 is 1.67 bits per heavy atom. The lowest BCUT2D eigenvalue weighted by molar-refractivity contribution is 0.459. The molecule has 1 N–H and O–H groups in total. The van der Waals surface area contributed by atoms with Gasteiger partial charge in [-0.3, -0.25) is 9.34 Å². The topological polar surface area (TPSA) is 26.7 Å². The molecule has 0 atom stereocenters. The molecule has 1 aromatic carbocycles. The molecule has 1 radical (unpaired) electrons. The molecule has 3 nitrogen and oxygen atoms in total. The van der Waals surface area contributed by atoms with Gasteiger partial charge in [0.25, 0.3) is 0 Å². The van der Waals surface area contributed by atoms with Crippen LogP contribution in [0.2, 0.25) is 0 Å². The standard InChI is InChI=1S/C11H18N2OP/c1-12-8-9-13(2)15(12,14)10-11-6-4-3-5-7-11/h3-7,14H,8-10H2,1-2H3. The number of hydrogen-bond acceptors (Lipinski definition) is 3. The van der Waals surface area contributed by atoms with Crippen molar-refractivity contribution in [3.63, 3.8) is 0 Å². The fourth-order valence-corrected chi connectivity index (χ4v) is 4.46. The molecule has 1 aromatic rings. The fourth-order valence-electron chi connectivity index (χ4n) is 1.94. The van der Waals surface area contributed by atoms with E-state index >= 15 is 0 Å². The van der Waals surface area contributed by atoms with Gasteiger partial charge in [0, 0.05) is 19.3 Å². The molecule has 1 saturated heterocycles. The summed E-state index contributed by atoms with van der Waals surface area (Å²) in [6.07, 6.45) is 0.765. The summed E-state index contributed by atoms with van der Waals surface area (Å²) >= 11 is 0. The molecule has 0 aromatic heterocycles. The van der Waals surface area contributed by atoms with Crippen LogP contribution >= 0.6 is 7.79 Å². The van der Waals surface area contributed by atoms with Gasteiger partial charge in [-0.2, -0.15) is 0 Å². The summed E-state index contributed by atoms with van der Waals surface area (Å²) in [6.45, 7) is 1.93. The fraction of sp³-hybridized carbons (Fsp3) is 0.455. The van der Waals surface area contributed by atoms with Crippen LogP contribution in [0.4, 0.5) is 0 Å². The second-order valence-electron chi connectivity index (χ2n) is 4.10. The quantitative estimate of drug-likeness (QED) is 0.778. The molecule has 0 bridgehead atoms. The minimum Gasteiger partial charge on any atom is -0.353 e. The zero-order chi connectivity index (χ0) is 10.9. The minimum atomic E-state index is -2.06. The van der Waals surface area contributed by atoms with Crippen molar-refractivity contribution in [1.82, 2.24) is 9.34 Å². The third kappa shape index (κ3) is 2.06. The van der Waals surface area contributed by atoms with Crippen molar-refractivity contribution in [1.29, 1.82) is 0 Å². The van der Waals surface area contributed by atoms with Crippen LogP contribution in [0.1, 0.15) is 5.56 Å². The number of rotatable bonds is 2. The first-order valence-electron chi connectivity index (χ1n) is 5.21. The molecular formula is C11H18N2OP. The van der Waals surface area contributed by atoms with Gasteiger partial charge in [-0.1, -0.05) is 30.3 Å². The monoisotopic (exact) mass is 225 g/mol. The molecule has 0 amide bonds. The van der Waals surface area contributed by atoms with Crippen LogP contribution in [0, 0.1) is 0 Å².